The first kappa shape index (κ1) is 21.7. The number of aryl methyl sites for hydroxylation is 1. The van der Waals surface area contributed by atoms with Crippen LogP contribution in [0.2, 0.25) is 0 Å². The molecular weight excluding hydrogens is 376 g/mol. The summed E-state index contributed by atoms with van der Waals surface area (Å²) in [6.07, 6.45) is 2.65. The van der Waals surface area contributed by atoms with Crippen LogP contribution in [0.5, 0.6) is 0 Å². The van der Waals surface area contributed by atoms with E-state index in [1.54, 1.807) is 13.3 Å². The van der Waals surface area contributed by atoms with Gasteiger partial charge in [-0.15, -0.1) is 12.4 Å². The van der Waals surface area contributed by atoms with Crippen LogP contribution in [-0.4, -0.2) is 42.8 Å². The van der Waals surface area contributed by atoms with E-state index in [9.17, 15) is 4.79 Å². The lowest BCUT2D eigenvalue weighted by molar-refractivity contribution is 0.101. The van der Waals surface area contributed by atoms with Gasteiger partial charge in [0.2, 0.25) is 0 Å². The molecule has 0 radical (unpaired) electrons. The minimum atomic E-state index is -0.123. The lowest BCUT2D eigenvalue weighted by Gasteiger charge is -2.17. The van der Waals surface area contributed by atoms with E-state index in [4.69, 9.17) is 4.74 Å². The summed E-state index contributed by atoms with van der Waals surface area (Å²) in [6, 6.07) is 13.8. The normalized spacial score (nSPS) is 10.5. The van der Waals surface area contributed by atoms with Crippen molar-refractivity contribution in [3.05, 3.63) is 54.4 Å². The highest BCUT2D eigenvalue weighted by molar-refractivity contribution is 6.06. The van der Waals surface area contributed by atoms with Crippen molar-refractivity contribution in [2.24, 2.45) is 0 Å². The van der Waals surface area contributed by atoms with Crippen LogP contribution < -0.4 is 10.2 Å². The molecule has 1 N–H and O–H groups in total. The molecule has 0 atom stereocenters. The molecule has 3 rings (SSSR count). The molecule has 0 aliphatic carbocycles. The third-order valence-electron chi connectivity index (χ3n) is 4.52. The number of para-hydroxylation sites is 1. The van der Waals surface area contributed by atoms with Gasteiger partial charge in [0.25, 0.3) is 5.91 Å². The second-order valence-corrected chi connectivity index (χ2v) is 6.51. The van der Waals surface area contributed by atoms with Crippen molar-refractivity contribution >= 4 is 40.7 Å². The molecule has 2 heterocycles. The maximum Gasteiger partial charge on any atom is 0.272 e. The smallest absolute Gasteiger partial charge is 0.272 e. The highest BCUT2D eigenvalue weighted by atomic mass is 35.5. The van der Waals surface area contributed by atoms with E-state index in [1.165, 1.54) is 0 Å². The van der Waals surface area contributed by atoms with E-state index in [1.807, 2.05) is 54.4 Å². The summed E-state index contributed by atoms with van der Waals surface area (Å²) in [5.74, 6) is 0.715. The molecule has 1 amide bonds. The Balaban J connectivity index is 0.00000280. The number of fused-ring (bicyclic) bond motifs is 1. The number of ether oxygens (including phenoxy) is 1. The monoisotopic (exact) mass is 402 g/mol. The Bertz CT molecular complexity index is 908. The average Bonchev–Trinajstić information content (AvgIpc) is 3.06. The second kappa shape index (κ2) is 10.1. The fourth-order valence-corrected chi connectivity index (χ4v) is 3.09. The molecule has 0 spiro atoms. The Morgan fingerprint density at radius 1 is 1.25 bits per heavy atom. The first-order valence-electron chi connectivity index (χ1n) is 9.19. The number of amides is 1. The van der Waals surface area contributed by atoms with E-state index in [0.717, 1.165) is 36.2 Å². The number of nitrogens with zero attached hydrogens (tertiary/aromatic N) is 3. The molecule has 7 heteroatoms. The fourth-order valence-electron chi connectivity index (χ4n) is 3.09. The number of aromatic nitrogens is 2. The number of nitrogens with one attached hydrogen (secondary N) is 1. The summed E-state index contributed by atoms with van der Waals surface area (Å²) in [4.78, 5) is 19.3. The number of pyridine rings is 1. The summed E-state index contributed by atoms with van der Waals surface area (Å²) in [7, 11) is 3.64. The van der Waals surface area contributed by atoms with E-state index in [-0.39, 0.29) is 18.3 Å². The predicted octanol–water partition coefficient (Wildman–Crippen LogP) is 4.20. The summed E-state index contributed by atoms with van der Waals surface area (Å²) < 4.78 is 7.16. The van der Waals surface area contributed by atoms with Crippen molar-refractivity contribution < 1.29 is 9.53 Å². The maximum absolute atomic E-state index is 12.9. The van der Waals surface area contributed by atoms with Crippen LogP contribution in [0.4, 0.5) is 11.5 Å². The predicted molar refractivity (Wildman–Crippen MR) is 117 cm³/mol. The van der Waals surface area contributed by atoms with Gasteiger partial charge in [0.05, 0.1) is 18.5 Å². The SMILES string of the molecule is CCCn1c(C(=O)Nc2ccc(N(C)CCOC)nc2)cc2ccccc21.Cl. The number of likely N-dealkylation sites (N-methyl/N-ethyl adjacent to an activating group) is 1. The van der Waals surface area contributed by atoms with E-state index in [2.05, 4.69) is 21.8 Å². The van der Waals surface area contributed by atoms with Gasteiger partial charge >= 0.3 is 0 Å². The number of hydrogen-bond donors (Lipinski definition) is 1. The molecule has 28 heavy (non-hydrogen) atoms. The number of methoxy groups -OCH3 is 1. The molecule has 2 aromatic heterocycles. The van der Waals surface area contributed by atoms with E-state index in [0.29, 0.717) is 18.0 Å². The summed E-state index contributed by atoms with van der Waals surface area (Å²) in [5.41, 5.74) is 2.43. The van der Waals surface area contributed by atoms with Gasteiger partial charge in [-0.25, -0.2) is 4.98 Å². The van der Waals surface area contributed by atoms with Crippen molar-refractivity contribution in [2.45, 2.75) is 19.9 Å². The van der Waals surface area contributed by atoms with Gasteiger partial charge in [0.1, 0.15) is 11.5 Å². The number of carbonyl (C=O) groups excluding carboxylic acids is 1. The van der Waals surface area contributed by atoms with Crippen molar-refractivity contribution in [1.82, 2.24) is 9.55 Å². The number of rotatable bonds is 8. The van der Waals surface area contributed by atoms with Crippen molar-refractivity contribution in [3.63, 3.8) is 0 Å². The molecule has 0 aliphatic rings. The Morgan fingerprint density at radius 3 is 2.71 bits per heavy atom. The number of anilines is 2. The van der Waals surface area contributed by atoms with Crippen LogP contribution in [-0.2, 0) is 11.3 Å². The zero-order valence-corrected chi connectivity index (χ0v) is 17.3. The first-order chi connectivity index (χ1) is 13.1. The second-order valence-electron chi connectivity index (χ2n) is 6.51. The van der Waals surface area contributed by atoms with Crippen molar-refractivity contribution in [1.29, 1.82) is 0 Å². The summed E-state index contributed by atoms with van der Waals surface area (Å²) >= 11 is 0. The molecule has 0 aliphatic heterocycles. The summed E-state index contributed by atoms with van der Waals surface area (Å²) in [5, 5.41) is 4.04. The highest BCUT2D eigenvalue weighted by Crippen LogP contribution is 2.22. The molecule has 0 saturated heterocycles. The fraction of sp³-hybridized carbons (Fsp3) is 0.333. The minimum Gasteiger partial charge on any atom is -0.383 e. The van der Waals surface area contributed by atoms with Crippen molar-refractivity contribution in [3.8, 4) is 0 Å². The highest BCUT2D eigenvalue weighted by Gasteiger charge is 2.15. The molecule has 150 valence electrons. The molecule has 0 bridgehead atoms. The third kappa shape index (κ3) is 4.82. The minimum absolute atomic E-state index is 0. The van der Waals surface area contributed by atoms with Crippen LogP contribution in [0.15, 0.2) is 48.7 Å². The zero-order valence-electron chi connectivity index (χ0n) is 16.5. The summed E-state index contributed by atoms with van der Waals surface area (Å²) in [6.45, 7) is 4.31. The largest absolute Gasteiger partial charge is 0.383 e. The first-order valence-corrected chi connectivity index (χ1v) is 9.19. The number of halogens is 1. The van der Waals surface area contributed by atoms with Gasteiger partial charge in [0.15, 0.2) is 0 Å². The van der Waals surface area contributed by atoms with Crippen LogP contribution in [0.25, 0.3) is 10.9 Å². The van der Waals surface area contributed by atoms with Crippen LogP contribution >= 0.6 is 12.4 Å². The Labute approximate surface area is 171 Å². The third-order valence-corrected chi connectivity index (χ3v) is 4.52. The average molecular weight is 403 g/mol. The maximum atomic E-state index is 12.9. The van der Waals surface area contributed by atoms with Crippen LogP contribution in [0, 0.1) is 0 Å². The van der Waals surface area contributed by atoms with Gasteiger partial charge in [-0.2, -0.15) is 0 Å². The topological polar surface area (TPSA) is 59.4 Å². The number of hydrogen-bond acceptors (Lipinski definition) is 4. The van der Waals surface area contributed by atoms with Gasteiger partial charge < -0.3 is 19.5 Å². The van der Waals surface area contributed by atoms with E-state index < -0.39 is 0 Å². The molecule has 0 fully saturated rings. The Kier molecular flexibility index (Phi) is 7.84. The number of benzene rings is 1. The van der Waals surface area contributed by atoms with Crippen molar-refractivity contribution in [2.75, 3.05) is 37.5 Å². The van der Waals surface area contributed by atoms with Crippen LogP contribution in [0.1, 0.15) is 23.8 Å². The lowest BCUT2D eigenvalue weighted by atomic mass is 10.2. The lowest BCUT2D eigenvalue weighted by Crippen LogP contribution is -2.23. The molecule has 1 aromatic carbocycles. The Hall–Kier alpha value is -2.57. The molecular formula is C21H27ClN4O2. The standard InChI is InChI=1S/C21H26N4O2.ClH/c1-4-11-25-18-8-6-5-7-16(18)14-19(25)21(26)23-17-9-10-20(22-15-17)24(2)12-13-27-3;/h5-10,14-15H,4,11-13H2,1-3H3,(H,23,26);1H. The molecule has 0 saturated carbocycles. The van der Waals surface area contributed by atoms with Gasteiger partial charge in [0, 0.05) is 38.1 Å². The molecule has 3 aromatic rings. The number of carbonyl (C=O) groups is 1. The quantitative estimate of drug-likeness (QED) is 0.613. The Morgan fingerprint density at radius 2 is 2.04 bits per heavy atom. The zero-order chi connectivity index (χ0) is 19.2. The molecule has 0 unspecified atom stereocenters. The van der Waals surface area contributed by atoms with Gasteiger partial charge in [-0.05, 0) is 30.7 Å². The molecule has 6 nitrogen and oxygen atoms in total. The van der Waals surface area contributed by atoms with E-state index >= 15 is 0 Å². The van der Waals surface area contributed by atoms with Crippen LogP contribution in [0.3, 0.4) is 0 Å². The van der Waals surface area contributed by atoms with Gasteiger partial charge in [-0.1, -0.05) is 25.1 Å². The van der Waals surface area contributed by atoms with Gasteiger partial charge in [-0.3, -0.25) is 4.79 Å².